The van der Waals surface area contributed by atoms with E-state index in [4.69, 9.17) is 0 Å². The summed E-state index contributed by atoms with van der Waals surface area (Å²) in [7, 11) is 0. The Morgan fingerprint density at radius 3 is 2.27 bits per heavy atom. The van der Waals surface area contributed by atoms with Gasteiger partial charge in [0.2, 0.25) is 11.8 Å². The third-order valence-electron chi connectivity index (χ3n) is 2.09. The SMILES string of the molecule is CCCNC(=O)C(CC)NC(=O)CCC. The van der Waals surface area contributed by atoms with E-state index in [1.54, 1.807) is 0 Å². The van der Waals surface area contributed by atoms with Crippen LogP contribution in [0.25, 0.3) is 0 Å². The van der Waals surface area contributed by atoms with Gasteiger partial charge in [0.05, 0.1) is 0 Å². The standard InChI is InChI=1S/C11H22N2O2/c1-4-7-10(14)13-9(6-3)11(15)12-8-5-2/h9H,4-8H2,1-3H3,(H,12,15)(H,13,14). The second-order valence-corrected chi connectivity index (χ2v) is 3.57. The Bertz CT molecular complexity index is 205. The van der Waals surface area contributed by atoms with E-state index in [1.165, 1.54) is 0 Å². The summed E-state index contributed by atoms with van der Waals surface area (Å²) in [6.45, 7) is 6.50. The van der Waals surface area contributed by atoms with Crippen LogP contribution in [0.1, 0.15) is 46.5 Å². The maximum atomic E-state index is 11.5. The molecule has 88 valence electrons. The van der Waals surface area contributed by atoms with Crippen LogP contribution in [0, 0.1) is 0 Å². The molecule has 0 saturated carbocycles. The normalized spacial score (nSPS) is 11.9. The van der Waals surface area contributed by atoms with Crippen LogP contribution in [-0.4, -0.2) is 24.4 Å². The fourth-order valence-electron chi connectivity index (χ4n) is 1.22. The molecule has 0 aromatic carbocycles. The molecule has 0 aromatic rings. The maximum absolute atomic E-state index is 11.5. The molecule has 15 heavy (non-hydrogen) atoms. The Hall–Kier alpha value is -1.06. The van der Waals surface area contributed by atoms with Gasteiger partial charge in [-0.15, -0.1) is 0 Å². The summed E-state index contributed by atoms with van der Waals surface area (Å²) in [4.78, 5) is 22.8. The Morgan fingerprint density at radius 1 is 1.13 bits per heavy atom. The molecule has 2 amide bonds. The second kappa shape index (κ2) is 8.26. The van der Waals surface area contributed by atoms with Crippen LogP contribution in [0.5, 0.6) is 0 Å². The van der Waals surface area contributed by atoms with Gasteiger partial charge in [0.25, 0.3) is 0 Å². The molecule has 0 aliphatic rings. The summed E-state index contributed by atoms with van der Waals surface area (Å²) < 4.78 is 0. The third-order valence-corrected chi connectivity index (χ3v) is 2.09. The first-order chi connectivity index (χ1) is 7.15. The minimum atomic E-state index is -0.379. The number of nitrogens with one attached hydrogen (secondary N) is 2. The highest BCUT2D eigenvalue weighted by Crippen LogP contribution is 1.94. The second-order valence-electron chi connectivity index (χ2n) is 3.57. The molecule has 0 saturated heterocycles. The van der Waals surface area contributed by atoms with E-state index in [2.05, 4.69) is 10.6 Å². The van der Waals surface area contributed by atoms with Crippen molar-refractivity contribution in [3.63, 3.8) is 0 Å². The molecule has 0 rings (SSSR count). The monoisotopic (exact) mass is 214 g/mol. The summed E-state index contributed by atoms with van der Waals surface area (Å²) >= 11 is 0. The molecule has 0 spiro atoms. The van der Waals surface area contributed by atoms with Gasteiger partial charge in [-0.05, 0) is 19.3 Å². The Morgan fingerprint density at radius 2 is 1.80 bits per heavy atom. The van der Waals surface area contributed by atoms with E-state index in [1.807, 2.05) is 20.8 Å². The maximum Gasteiger partial charge on any atom is 0.242 e. The van der Waals surface area contributed by atoms with Gasteiger partial charge in [-0.1, -0.05) is 20.8 Å². The van der Waals surface area contributed by atoms with Crippen LogP contribution in [0.2, 0.25) is 0 Å². The van der Waals surface area contributed by atoms with Gasteiger partial charge < -0.3 is 10.6 Å². The molecule has 4 heteroatoms. The number of rotatable bonds is 7. The number of carbonyl (C=O) groups is 2. The third kappa shape index (κ3) is 6.10. The predicted octanol–water partition coefficient (Wildman–Crippen LogP) is 1.21. The summed E-state index contributed by atoms with van der Waals surface area (Å²) in [5, 5.41) is 5.50. The number of amides is 2. The van der Waals surface area contributed by atoms with Gasteiger partial charge in [-0.25, -0.2) is 0 Å². The fraction of sp³-hybridized carbons (Fsp3) is 0.818. The molecular weight excluding hydrogens is 192 g/mol. The van der Waals surface area contributed by atoms with E-state index in [0.717, 1.165) is 12.8 Å². The molecule has 0 bridgehead atoms. The Labute approximate surface area is 91.8 Å². The largest absolute Gasteiger partial charge is 0.354 e. The van der Waals surface area contributed by atoms with Gasteiger partial charge in [0.15, 0.2) is 0 Å². The predicted molar refractivity (Wildman–Crippen MR) is 60.4 cm³/mol. The van der Waals surface area contributed by atoms with Crippen molar-refractivity contribution < 1.29 is 9.59 Å². The van der Waals surface area contributed by atoms with Crippen molar-refractivity contribution in [1.29, 1.82) is 0 Å². The highest BCUT2D eigenvalue weighted by Gasteiger charge is 2.17. The smallest absolute Gasteiger partial charge is 0.242 e. The van der Waals surface area contributed by atoms with Crippen LogP contribution in [0.15, 0.2) is 0 Å². The first-order valence-corrected chi connectivity index (χ1v) is 5.72. The van der Waals surface area contributed by atoms with Gasteiger partial charge in [0, 0.05) is 13.0 Å². The highest BCUT2D eigenvalue weighted by atomic mass is 16.2. The molecule has 0 heterocycles. The molecule has 1 atom stereocenters. The molecule has 1 unspecified atom stereocenters. The summed E-state index contributed by atoms with van der Waals surface area (Å²) in [5.41, 5.74) is 0. The molecule has 0 aliphatic carbocycles. The van der Waals surface area contributed by atoms with Crippen molar-refractivity contribution in [2.75, 3.05) is 6.54 Å². The van der Waals surface area contributed by atoms with Gasteiger partial charge in [0.1, 0.15) is 6.04 Å². The van der Waals surface area contributed by atoms with E-state index in [0.29, 0.717) is 19.4 Å². The average molecular weight is 214 g/mol. The van der Waals surface area contributed by atoms with Crippen LogP contribution >= 0.6 is 0 Å². The minimum Gasteiger partial charge on any atom is -0.354 e. The zero-order valence-electron chi connectivity index (χ0n) is 9.93. The molecule has 0 aliphatic heterocycles. The van der Waals surface area contributed by atoms with Crippen molar-refractivity contribution in [1.82, 2.24) is 10.6 Å². The lowest BCUT2D eigenvalue weighted by molar-refractivity contribution is -0.129. The van der Waals surface area contributed by atoms with E-state index in [-0.39, 0.29) is 17.9 Å². The van der Waals surface area contributed by atoms with Crippen molar-refractivity contribution >= 4 is 11.8 Å². The first-order valence-electron chi connectivity index (χ1n) is 5.72. The summed E-state index contributed by atoms with van der Waals surface area (Å²) in [5.74, 6) is -0.125. The zero-order chi connectivity index (χ0) is 11.7. The van der Waals surface area contributed by atoms with E-state index in [9.17, 15) is 9.59 Å². The van der Waals surface area contributed by atoms with Gasteiger partial charge in [-0.3, -0.25) is 9.59 Å². The summed E-state index contributed by atoms with van der Waals surface area (Å²) in [6, 6.07) is -0.379. The van der Waals surface area contributed by atoms with Gasteiger partial charge in [-0.2, -0.15) is 0 Å². The van der Waals surface area contributed by atoms with Crippen LogP contribution < -0.4 is 10.6 Å². The molecule has 4 nitrogen and oxygen atoms in total. The lowest BCUT2D eigenvalue weighted by Crippen LogP contribution is -2.46. The quantitative estimate of drug-likeness (QED) is 0.669. The first kappa shape index (κ1) is 13.9. The van der Waals surface area contributed by atoms with Crippen molar-refractivity contribution in [2.24, 2.45) is 0 Å². The number of carbonyl (C=O) groups excluding carboxylic acids is 2. The van der Waals surface area contributed by atoms with Crippen molar-refractivity contribution in [3.05, 3.63) is 0 Å². The molecule has 0 aromatic heterocycles. The average Bonchev–Trinajstić information content (AvgIpc) is 2.22. The number of hydrogen-bond acceptors (Lipinski definition) is 2. The topological polar surface area (TPSA) is 58.2 Å². The molecule has 0 radical (unpaired) electrons. The number of hydrogen-bond donors (Lipinski definition) is 2. The zero-order valence-corrected chi connectivity index (χ0v) is 9.93. The van der Waals surface area contributed by atoms with Crippen molar-refractivity contribution in [2.45, 2.75) is 52.5 Å². The Balaban J connectivity index is 4.00. The lowest BCUT2D eigenvalue weighted by atomic mass is 10.2. The fourth-order valence-corrected chi connectivity index (χ4v) is 1.22. The van der Waals surface area contributed by atoms with Gasteiger partial charge >= 0.3 is 0 Å². The van der Waals surface area contributed by atoms with Crippen LogP contribution in [0.3, 0.4) is 0 Å². The highest BCUT2D eigenvalue weighted by molar-refractivity contribution is 5.87. The van der Waals surface area contributed by atoms with Crippen LogP contribution in [-0.2, 0) is 9.59 Å². The Kier molecular flexibility index (Phi) is 7.68. The summed E-state index contributed by atoms with van der Waals surface area (Å²) in [6.07, 6.45) is 2.83. The van der Waals surface area contributed by atoms with Crippen molar-refractivity contribution in [3.8, 4) is 0 Å². The lowest BCUT2D eigenvalue weighted by Gasteiger charge is -2.16. The minimum absolute atomic E-state index is 0.0454. The molecule has 0 fully saturated rings. The van der Waals surface area contributed by atoms with E-state index < -0.39 is 0 Å². The molecule has 2 N–H and O–H groups in total. The van der Waals surface area contributed by atoms with Crippen LogP contribution in [0.4, 0.5) is 0 Å². The van der Waals surface area contributed by atoms with E-state index >= 15 is 0 Å². The molecular formula is C11H22N2O2.